The van der Waals surface area contributed by atoms with Gasteiger partial charge in [-0.25, -0.2) is 16.8 Å². The van der Waals surface area contributed by atoms with E-state index in [-0.39, 0.29) is 43.4 Å². The Kier molecular flexibility index (Phi) is 8.24. The lowest BCUT2D eigenvalue weighted by Crippen LogP contribution is -2.56. The lowest BCUT2D eigenvalue weighted by molar-refractivity contribution is -0.265. The number of ether oxygens (including phenoxy) is 3. The fraction of sp³-hybridized carbons (Fsp3) is 0.900. The van der Waals surface area contributed by atoms with Gasteiger partial charge in [0.05, 0.1) is 17.3 Å². The monoisotopic (exact) mass is 746 g/mol. The number of hydrogen-bond donors (Lipinski definition) is 0. The zero-order chi connectivity index (χ0) is 35.5. The number of esters is 3. The fourth-order valence-corrected chi connectivity index (χ4v) is 13.1. The van der Waals surface area contributed by atoms with E-state index in [9.17, 15) is 44.4 Å². The predicted molar refractivity (Wildman–Crippen MR) is 154 cm³/mol. The Morgan fingerprint density at radius 1 is 0.939 bits per heavy atom. The third kappa shape index (κ3) is 5.76. The SMILES string of the molecule is CCC1(OC(=O)C2C3CC4C(OC(=O)C42)C3OS(=O)(=O)[N-]S(=O)(=O)C(F)(F)C(OC(=O)C23CC4CC(CC(C4)C2)C3)C(F)(F)F)CCCC1. The van der Waals surface area contributed by atoms with Crippen molar-refractivity contribution in [3.63, 3.8) is 0 Å². The van der Waals surface area contributed by atoms with Crippen molar-refractivity contribution in [1.29, 1.82) is 0 Å². The van der Waals surface area contributed by atoms with Crippen LogP contribution in [0.25, 0.3) is 4.13 Å². The van der Waals surface area contributed by atoms with Crippen molar-refractivity contribution in [1.82, 2.24) is 0 Å². The second-order valence-electron chi connectivity index (χ2n) is 15.3. The lowest BCUT2D eigenvalue weighted by Gasteiger charge is -2.55. The minimum absolute atomic E-state index is 0.00173. The van der Waals surface area contributed by atoms with Crippen LogP contribution in [0.5, 0.6) is 0 Å². The van der Waals surface area contributed by atoms with E-state index in [1.807, 2.05) is 6.92 Å². The highest BCUT2D eigenvalue weighted by Crippen LogP contribution is 2.62. The maximum absolute atomic E-state index is 15.4. The van der Waals surface area contributed by atoms with E-state index in [4.69, 9.17) is 13.7 Å². The van der Waals surface area contributed by atoms with Crippen LogP contribution in [0.1, 0.15) is 84.0 Å². The number of carbonyl (C=O) groups excluding carboxylic acids is 3. The first-order chi connectivity index (χ1) is 22.7. The molecule has 0 amide bonds. The van der Waals surface area contributed by atoms with E-state index in [0.29, 0.717) is 19.3 Å². The first kappa shape index (κ1) is 35.3. The molecule has 1 saturated heterocycles. The van der Waals surface area contributed by atoms with Crippen LogP contribution < -0.4 is 0 Å². The first-order valence-corrected chi connectivity index (χ1v) is 19.5. The highest BCUT2D eigenvalue weighted by atomic mass is 32.3. The van der Waals surface area contributed by atoms with Crippen LogP contribution in [-0.2, 0) is 53.1 Å². The van der Waals surface area contributed by atoms with Crippen LogP contribution in [0.4, 0.5) is 22.0 Å². The van der Waals surface area contributed by atoms with E-state index < -0.39 is 103 Å². The van der Waals surface area contributed by atoms with E-state index in [2.05, 4.69) is 8.86 Å². The Hall–Kier alpha value is -2.12. The van der Waals surface area contributed by atoms with Crippen LogP contribution in [0, 0.1) is 46.8 Å². The van der Waals surface area contributed by atoms with Crippen molar-refractivity contribution in [2.75, 3.05) is 0 Å². The Bertz CT molecular complexity index is 1590. The van der Waals surface area contributed by atoms with Gasteiger partial charge in [-0.2, -0.15) is 22.0 Å². The molecule has 6 bridgehead atoms. The lowest BCUT2D eigenvalue weighted by atomic mass is 9.49. The van der Waals surface area contributed by atoms with Crippen molar-refractivity contribution in [2.45, 2.75) is 119 Å². The number of hydrogen-bond acceptors (Lipinski definition) is 11. The van der Waals surface area contributed by atoms with Crippen molar-refractivity contribution < 1.29 is 71.6 Å². The number of nitrogens with zero attached hydrogens (tertiary/aromatic N) is 1. The molecule has 1 heterocycles. The molecule has 0 aromatic carbocycles. The average molecular weight is 747 g/mol. The van der Waals surface area contributed by atoms with Crippen LogP contribution in [0.2, 0.25) is 0 Å². The van der Waals surface area contributed by atoms with Gasteiger partial charge < -0.3 is 18.3 Å². The third-order valence-corrected chi connectivity index (χ3v) is 15.2. The molecule has 0 aromatic heterocycles. The standard InChI is InChI=1S/C30H37F5NO11S2/c1-2-28(5-3-4-6-28)46-24(38)20-18-10-17-19(20)23(37)44-21(17)22(18)47-49(42,43)36-48(40,41)30(34,35)25(29(31,32)33)45-26(39)27-11-14-7-15(12-27)9-16(8-14)13-27/h14-22,25H,2-13H2,1H3/q-1. The molecular formula is C30H37F5NO11S2-. The van der Waals surface area contributed by atoms with E-state index in [0.717, 1.165) is 32.1 Å². The normalized spacial score (nSPS) is 39.6. The van der Waals surface area contributed by atoms with E-state index >= 15 is 8.78 Å². The van der Waals surface area contributed by atoms with Crippen LogP contribution in [0.3, 0.4) is 0 Å². The summed E-state index contributed by atoms with van der Waals surface area (Å²) in [4.78, 5) is 39.3. The molecule has 0 aromatic rings. The number of sulfonamides is 1. The van der Waals surface area contributed by atoms with Crippen molar-refractivity contribution in [3.8, 4) is 0 Å². The van der Waals surface area contributed by atoms with Crippen molar-refractivity contribution in [2.24, 2.45) is 46.8 Å². The molecule has 0 spiro atoms. The second kappa shape index (κ2) is 11.4. The molecule has 19 heteroatoms. The molecule has 7 unspecified atom stereocenters. The molecule has 276 valence electrons. The van der Waals surface area contributed by atoms with Gasteiger partial charge in [-0.1, -0.05) is 6.92 Å². The van der Waals surface area contributed by atoms with Gasteiger partial charge in [-0.15, -0.1) is 0 Å². The summed E-state index contributed by atoms with van der Waals surface area (Å²) in [6, 6.07) is 0. The Labute approximate surface area is 279 Å². The summed E-state index contributed by atoms with van der Waals surface area (Å²) in [5.74, 6) is -7.34. The second-order valence-corrected chi connectivity index (χ2v) is 18.4. The summed E-state index contributed by atoms with van der Waals surface area (Å²) in [6.45, 7) is 1.82. The molecule has 7 saturated carbocycles. The average Bonchev–Trinajstić information content (AvgIpc) is 3.72. The number of halogens is 5. The zero-order valence-corrected chi connectivity index (χ0v) is 28.0. The molecule has 49 heavy (non-hydrogen) atoms. The van der Waals surface area contributed by atoms with Gasteiger partial charge in [0.1, 0.15) is 17.8 Å². The van der Waals surface area contributed by atoms with Gasteiger partial charge in [-0.3, -0.25) is 18.6 Å². The van der Waals surface area contributed by atoms with Crippen molar-refractivity contribution in [3.05, 3.63) is 4.13 Å². The summed E-state index contributed by atoms with van der Waals surface area (Å²) < 4.78 is 147. The van der Waals surface area contributed by atoms with E-state index in [1.165, 1.54) is 0 Å². The molecule has 1 aliphatic heterocycles. The quantitative estimate of drug-likeness (QED) is 0.163. The number of rotatable bonds is 11. The third-order valence-electron chi connectivity index (χ3n) is 12.4. The topological polar surface area (TPSA) is 171 Å². The van der Waals surface area contributed by atoms with Crippen LogP contribution in [0.15, 0.2) is 0 Å². The summed E-state index contributed by atoms with van der Waals surface area (Å²) in [5.41, 5.74) is -2.26. The molecule has 8 fully saturated rings. The van der Waals surface area contributed by atoms with Crippen LogP contribution in [-0.4, -0.2) is 70.1 Å². The Morgan fingerprint density at radius 2 is 1.51 bits per heavy atom. The smallest absolute Gasteiger partial charge is 0.432 e. The summed E-state index contributed by atoms with van der Waals surface area (Å²) in [6.07, 6.45) is -7.92. The minimum atomic E-state index is -6.96. The number of fused-ring (bicyclic) bond motifs is 1. The van der Waals surface area contributed by atoms with Crippen LogP contribution >= 0.6 is 0 Å². The molecule has 0 radical (unpaired) electrons. The fourth-order valence-electron chi connectivity index (χ4n) is 10.7. The molecule has 8 rings (SSSR count). The first-order valence-electron chi connectivity index (χ1n) is 16.7. The van der Waals surface area contributed by atoms with Gasteiger partial charge in [0.25, 0.3) is 6.10 Å². The summed E-state index contributed by atoms with van der Waals surface area (Å²) in [7, 11) is -13.0. The summed E-state index contributed by atoms with van der Waals surface area (Å²) >= 11 is 0. The maximum Gasteiger partial charge on any atom is 0.432 e. The zero-order valence-electron chi connectivity index (χ0n) is 26.4. The predicted octanol–water partition coefficient (Wildman–Crippen LogP) is 4.68. The molecular weight excluding hydrogens is 709 g/mol. The van der Waals surface area contributed by atoms with Gasteiger partial charge in [0, 0.05) is 11.8 Å². The Morgan fingerprint density at radius 3 is 2.04 bits per heavy atom. The number of carbonyl (C=O) groups is 3. The molecule has 7 atom stereocenters. The maximum atomic E-state index is 15.4. The van der Waals surface area contributed by atoms with Crippen molar-refractivity contribution >= 4 is 38.2 Å². The number of alkyl halides is 5. The van der Waals surface area contributed by atoms with E-state index in [1.54, 1.807) is 0 Å². The van der Waals surface area contributed by atoms with Gasteiger partial charge in [-0.05, 0) is 94.8 Å². The van der Waals surface area contributed by atoms with Gasteiger partial charge >= 0.3 is 29.3 Å². The summed E-state index contributed by atoms with van der Waals surface area (Å²) in [5, 5.41) is -6.08. The molecule has 0 N–H and O–H groups in total. The largest absolute Gasteiger partial charge is 0.459 e. The Balaban J connectivity index is 1.08. The molecule has 12 nitrogen and oxygen atoms in total. The minimum Gasteiger partial charge on any atom is -0.459 e. The molecule has 8 aliphatic rings. The molecule has 7 aliphatic carbocycles. The highest BCUT2D eigenvalue weighted by Gasteiger charge is 2.71. The highest BCUT2D eigenvalue weighted by molar-refractivity contribution is 8.10. The van der Waals surface area contributed by atoms with Gasteiger partial charge in [0.15, 0.2) is 10.0 Å². The van der Waals surface area contributed by atoms with Gasteiger partial charge in [0.2, 0.25) is 10.3 Å².